The molecule has 0 saturated carbocycles. The number of hydrogen-bond donors (Lipinski definition) is 0. The molecule has 2 aliphatic rings. The molecule has 111 heavy (non-hydrogen) atoms. The Balaban J connectivity index is 0.958. The Hall–Kier alpha value is -13.6. The fourth-order valence-corrected chi connectivity index (χ4v) is 17.8. The van der Waals surface area contributed by atoms with Gasteiger partial charge >= 0.3 is 0 Å². The molecule has 2 aliphatic heterocycles. The van der Waals surface area contributed by atoms with Crippen LogP contribution in [-0.4, -0.2) is 25.0 Å². The zero-order valence-corrected chi connectivity index (χ0v) is 61.6. The van der Waals surface area contributed by atoms with Gasteiger partial charge in [-0.15, -0.1) is 0 Å². The zero-order valence-electron chi connectivity index (χ0n) is 77.6. The molecule has 0 amide bonds. The molecule has 526 valence electrons. The van der Waals surface area contributed by atoms with Crippen molar-refractivity contribution in [2.75, 3.05) is 9.80 Å². The van der Waals surface area contributed by atoms with E-state index in [0.717, 1.165) is 139 Å². The molecule has 0 aliphatic carbocycles. The van der Waals surface area contributed by atoms with E-state index in [1.807, 2.05) is 109 Å². The van der Waals surface area contributed by atoms with Gasteiger partial charge in [-0.05, 0) is 205 Å². The Morgan fingerprint density at radius 2 is 0.604 bits per heavy atom. The van der Waals surface area contributed by atoms with Crippen molar-refractivity contribution in [1.82, 2.24) is 18.3 Å². The monoisotopic (exact) mass is 1440 g/mol. The van der Waals surface area contributed by atoms with Crippen LogP contribution in [0.3, 0.4) is 0 Å². The van der Waals surface area contributed by atoms with Gasteiger partial charge in [-0.3, -0.25) is 0 Å². The van der Waals surface area contributed by atoms with Crippen LogP contribution in [0.1, 0.15) is 74.6 Å². The molecular formula is C104H77BN6. The van der Waals surface area contributed by atoms with Crippen molar-refractivity contribution in [3.05, 3.63) is 369 Å². The van der Waals surface area contributed by atoms with Gasteiger partial charge < -0.3 is 28.1 Å². The summed E-state index contributed by atoms with van der Waals surface area (Å²) in [5, 5.41) is 3.25. The van der Waals surface area contributed by atoms with Gasteiger partial charge in [0.25, 0.3) is 6.71 Å². The van der Waals surface area contributed by atoms with Gasteiger partial charge in [0, 0.05) is 88.6 Å². The van der Waals surface area contributed by atoms with Gasteiger partial charge in [-0.25, -0.2) is 0 Å². The van der Waals surface area contributed by atoms with Crippen molar-refractivity contribution < 1.29 is 21.9 Å². The van der Waals surface area contributed by atoms with Crippen LogP contribution in [0.5, 0.6) is 0 Å². The largest absolute Gasteiger partial charge is 0.311 e. The lowest BCUT2D eigenvalue weighted by atomic mass is 9.33. The first kappa shape index (κ1) is 50.1. The van der Waals surface area contributed by atoms with E-state index in [-0.39, 0.29) is 54.4 Å². The average molecular weight is 1440 g/mol. The normalized spacial score (nSPS) is 14.9. The summed E-state index contributed by atoms with van der Waals surface area (Å²) in [6, 6.07) is 82.0. The molecule has 0 bridgehead atoms. The Morgan fingerprint density at radius 3 is 0.991 bits per heavy atom. The van der Waals surface area contributed by atoms with Crippen molar-refractivity contribution in [3.8, 4) is 56.1 Å². The molecule has 6 heterocycles. The highest BCUT2D eigenvalue weighted by atomic mass is 15.2. The van der Waals surface area contributed by atoms with E-state index in [4.69, 9.17) is 5.48 Å². The molecule has 0 radical (unpaired) electrons. The van der Waals surface area contributed by atoms with Crippen LogP contribution >= 0.6 is 0 Å². The molecule has 7 heteroatoms. The minimum Gasteiger partial charge on any atom is -0.311 e. The number of aromatic nitrogens is 4. The minimum atomic E-state index is -0.796. The van der Waals surface area contributed by atoms with Crippen molar-refractivity contribution in [1.29, 1.82) is 0 Å². The maximum absolute atomic E-state index is 9.96. The summed E-state index contributed by atoms with van der Waals surface area (Å²) in [6.45, 7) is 12.5. The summed E-state index contributed by atoms with van der Waals surface area (Å²) in [4.78, 5) is 4.65. The summed E-state index contributed by atoms with van der Waals surface area (Å²) in [7, 11) is 0. The van der Waals surface area contributed by atoms with Gasteiger partial charge in [-0.2, -0.15) is 0 Å². The number of anilines is 6. The number of benzene rings is 16. The summed E-state index contributed by atoms with van der Waals surface area (Å²) in [5.41, 5.74) is 19.2. The fraction of sp³-hybridized carbons (Fsp3) is 0.0769. The summed E-state index contributed by atoms with van der Waals surface area (Å²) in [5.74, 6) is 0. The Bertz CT molecular complexity index is 7630. The summed E-state index contributed by atoms with van der Waals surface area (Å²) >= 11 is 0. The second-order valence-electron chi connectivity index (χ2n) is 31.3. The van der Waals surface area contributed by atoms with E-state index in [1.165, 1.54) is 0 Å². The molecule has 0 saturated heterocycles. The molecule has 20 aromatic rings. The van der Waals surface area contributed by atoms with E-state index in [1.54, 1.807) is 9.13 Å². The first-order chi connectivity index (χ1) is 61.0. The van der Waals surface area contributed by atoms with Gasteiger partial charge in [0.2, 0.25) is 0 Å². The van der Waals surface area contributed by atoms with Crippen LogP contribution in [0.25, 0.3) is 143 Å². The SMILES string of the molecule is [2H]c1c([2H])c([2H])c2c(c1[2H])c1c([2H])c([2H])c([2H])c([2H])c1n2-c1ccc2c(c1)N(c1cccc3c1c1cc(-c4ccccc4)ccc1n3-c1ccccc1)c1cc(-c3cc(C(C)(C)C)cc(C(C)(C)C)c3)cc3c1B2c1ccc(-n2c4c([2H])c([2H])c([2H])c([2H])c4c4c([2H])c([2H])c([2H])c([2H])c42)cc1N3c1cccc2c1c1cc(-c3ccccc3)ccc1n2-c1ccccc1. The molecule has 0 unspecified atom stereocenters. The Kier molecular flexibility index (Phi) is 11.0. The van der Waals surface area contributed by atoms with E-state index in [2.05, 4.69) is 212 Å². The minimum absolute atomic E-state index is 0.0557. The van der Waals surface area contributed by atoms with Crippen LogP contribution in [-0.2, 0) is 10.8 Å². The van der Waals surface area contributed by atoms with Crippen LogP contribution in [0, 0.1) is 0 Å². The lowest BCUT2D eigenvalue weighted by Crippen LogP contribution is -2.61. The predicted octanol–water partition coefficient (Wildman–Crippen LogP) is 25.8. The van der Waals surface area contributed by atoms with Crippen LogP contribution in [0.15, 0.2) is 358 Å². The standard InChI is InChI=1S/C104H77BN6/c1-103(2,3)72-57-70(58-73(63-72)104(4,5)6)71-61-98-102-99(62-71)111(95-48-28-46-93-101(95)83-60-69(67-31-13-8-14-32-67)50-56-91(83)107(93)75-35-17-10-18-36-75)97-65-77(109-88-43-25-21-39-80(88)81-40-22-26-44-89(81)109)52-54-85(97)105(102)84-53-51-76(108-86-41-23-19-37-78(86)79-38-20-24-42-87(79)108)64-96(84)110(98)94-47-27-45-92-100(94)82-59-68(66-29-11-7-12-30-66)49-55-90(82)106(92)74-33-15-9-16-34-74/h7-65H,1-6H3/i19D,20D,21D,22D,23D,24D,25D,26D,37D,38D,39D,40D,41D,42D,43D,44D. The Morgan fingerprint density at radius 1 is 0.243 bits per heavy atom. The molecular weight excluding hydrogens is 1340 g/mol. The number of nitrogens with zero attached hydrogens (tertiary/aromatic N) is 6. The van der Waals surface area contributed by atoms with Crippen LogP contribution in [0.4, 0.5) is 34.1 Å². The van der Waals surface area contributed by atoms with Crippen LogP contribution in [0.2, 0.25) is 0 Å². The maximum atomic E-state index is 9.96. The Labute approximate surface area is 668 Å². The van der Waals surface area contributed by atoms with E-state index < -0.39 is 103 Å². The third kappa shape index (κ3) is 9.91. The number of para-hydroxylation sites is 6. The van der Waals surface area contributed by atoms with Crippen LogP contribution < -0.4 is 26.2 Å². The molecule has 6 nitrogen and oxygen atoms in total. The molecule has 0 N–H and O–H groups in total. The van der Waals surface area contributed by atoms with Crippen molar-refractivity contribution in [2.24, 2.45) is 0 Å². The summed E-state index contributed by atoms with van der Waals surface area (Å²) < 4.78 is 161. The topological polar surface area (TPSA) is 26.2 Å². The van der Waals surface area contributed by atoms with Crippen molar-refractivity contribution in [3.63, 3.8) is 0 Å². The maximum Gasteiger partial charge on any atom is 0.252 e. The fourth-order valence-electron chi connectivity index (χ4n) is 17.8. The highest BCUT2D eigenvalue weighted by Gasteiger charge is 2.45. The van der Waals surface area contributed by atoms with Gasteiger partial charge in [0.1, 0.15) is 0 Å². The molecule has 0 spiro atoms. The molecule has 22 rings (SSSR count). The van der Waals surface area contributed by atoms with E-state index in [0.29, 0.717) is 22.7 Å². The highest BCUT2D eigenvalue weighted by Crippen LogP contribution is 2.53. The third-order valence-electron chi connectivity index (χ3n) is 22.9. The number of hydrogen-bond acceptors (Lipinski definition) is 2. The third-order valence-corrected chi connectivity index (χ3v) is 22.9. The second kappa shape index (κ2) is 24.4. The lowest BCUT2D eigenvalue weighted by Gasteiger charge is -2.45. The lowest BCUT2D eigenvalue weighted by molar-refractivity contribution is 0.569. The molecule has 4 aromatic heterocycles. The van der Waals surface area contributed by atoms with E-state index >= 15 is 0 Å². The first-order valence-corrected chi connectivity index (χ1v) is 37.6. The van der Waals surface area contributed by atoms with E-state index in [9.17, 15) is 16.4 Å². The highest BCUT2D eigenvalue weighted by molar-refractivity contribution is 7.00. The predicted molar refractivity (Wildman–Crippen MR) is 472 cm³/mol. The molecule has 16 aromatic carbocycles. The quantitative estimate of drug-likeness (QED) is 0.135. The smallest absolute Gasteiger partial charge is 0.252 e. The van der Waals surface area contributed by atoms with Gasteiger partial charge in [0.05, 0.1) is 77.4 Å². The van der Waals surface area contributed by atoms with Gasteiger partial charge in [-0.1, -0.05) is 266 Å². The van der Waals surface area contributed by atoms with Gasteiger partial charge in [0.15, 0.2) is 0 Å². The van der Waals surface area contributed by atoms with Crippen molar-refractivity contribution in [2.45, 2.75) is 52.4 Å². The van der Waals surface area contributed by atoms with Crippen molar-refractivity contribution >= 4 is 144 Å². The number of rotatable bonds is 9. The number of fused-ring (bicyclic) bond motifs is 16. The second-order valence-corrected chi connectivity index (χ2v) is 31.3. The molecule has 0 fully saturated rings. The summed E-state index contributed by atoms with van der Waals surface area (Å²) in [6.07, 6.45) is 0. The molecule has 0 atom stereocenters. The zero-order chi connectivity index (χ0) is 88.0. The first-order valence-electron chi connectivity index (χ1n) is 45.6. The average Bonchev–Trinajstić information content (AvgIpc) is 1.41.